The monoisotopic (exact) mass is 355 g/mol. The Morgan fingerprint density at radius 3 is 2.73 bits per heavy atom. The molecule has 5 heteroatoms. The summed E-state index contributed by atoms with van der Waals surface area (Å²) in [7, 11) is 0. The Kier molecular flexibility index (Phi) is 4.06. The van der Waals surface area contributed by atoms with Gasteiger partial charge in [-0.3, -0.25) is 4.98 Å². The van der Waals surface area contributed by atoms with Crippen molar-refractivity contribution in [2.75, 3.05) is 10.6 Å². The largest absolute Gasteiger partial charge is 0.323 e. The molecule has 1 aromatic heterocycles. The SMILES string of the molecule is Cc1ccc(NC(=O)Nc2cccc3cccnc23)cc1Br. The fourth-order valence-corrected chi connectivity index (χ4v) is 2.54. The molecule has 2 amide bonds. The van der Waals surface area contributed by atoms with Crippen molar-refractivity contribution >= 4 is 44.2 Å². The highest BCUT2D eigenvalue weighted by molar-refractivity contribution is 9.10. The lowest BCUT2D eigenvalue weighted by Gasteiger charge is -2.10. The number of aryl methyl sites for hydroxylation is 1. The number of hydrogen-bond donors (Lipinski definition) is 2. The van der Waals surface area contributed by atoms with E-state index >= 15 is 0 Å². The number of amides is 2. The second kappa shape index (κ2) is 6.15. The van der Waals surface area contributed by atoms with Gasteiger partial charge in [-0.05, 0) is 36.8 Å². The maximum Gasteiger partial charge on any atom is 0.323 e. The highest BCUT2D eigenvalue weighted by Gasteiger charge is 2.07. The molecule has 2 N–H and O–H groups in total. The average Bonchev–Trinajstić information content (AvgIpc) is 2.51. The quantitative estimate of drug-likeness (QED) is 0.683. The normalized spacial score (nSPS) is 10.5. The first-order valence-electron chi connectivity index (χ1n) is 6.81. The maximum atomic E-state index is 12.2. The fourth-order valence-electron chi connectivity index (χ4n) is 2.16. The maximum absolute atomic E-state index is 12.2. The number of para-hydroxylation sites is 1. The molecule has 0 aliphatic carbocycles. The highest BCUT2D eigenvalue weighted by atomic mass is 79.9. The van der Waals surface area contributed by atoms with Gasteiger partial charge in [0.1, 0.15) is 0 Å². The van der Waals surface area contributed by atoms with Gasteiger partial charge in [-0.15, -0.1) is 0 Å². The molecule has 3 aromatic rings. The van der Waals surface area contributed by atoms with Crippen molar-refractivity contribution in [3.8, 4) is 0 Å². The minimum absolute atomic E-state index is 0.297. The van der Waals surface area contributed by atoms with Crippen LogP contribution in [0.25, 0.3) is 10.9 Å². The molecule has 0 aliphatic heterocycles. The molecule has 0 radical (unpaired) electrons. The highest BCUT2D eigenvalue weighted by Crippen LogP contribution is 2.22. The third-order valence-electron chi connectivity index (χ3n) is 3.31. The van der Waals surface area contributed by atoms with Crippen LogP contribution in [0.3, 0.4) is 0 Å². The predicted molar refractivity (Wildman–Crippen MR) is 93.3 cm³/mol. The summed E-state index contributed by atoms with van der Waals surface area (Å²) in [5.74, 6) is 0. The molecule has 4 nitrogen and oxygen atoms in total. The van der Waals surface area contributed by atoms with Crippen molar-refractivity contribution in [3.05, 3.63) is 64.8 Å². The summed E-state index contributed by atoms with van der Waals surface area (Å²) in [4.78, 5) is 16.5. The number of urea groups is 1. The first-order chi connectivity index (χ1) is 10.6. The molecule has 110 valence electrons. The summed E-state index contributed by atoms with van der Waals surface area (Å²) in [5.41, 5.74) is 3.29. The molecule has 0 saturated heterocycles. The lowest BCUT2D eigenvalue weighted by atomic mass is 10.2. The molecule has 0 aliphatic rings. The van der Waals surface area contributed by atoms with E-state index in [0.717, 1.165) is 26.6 Å². The summed E-state index contributed by atoms with van der Waals surface area (Å²) in [6, 6.07) is 14.9. The van der Waals surface area contributed by atoms with Crippen LogP contribution in [-0.2, 0) is 0 Å². The van der Waals surface area contributed by atoms with Gasteiger partial charge >= 0.3 is 6.03 Å². The number of anilines is 2. The third kappa shape index (κ3) is 3.09. The smallest absolute Gasteiger partial charge is 0.308 e. The van der Waals surface area contributed by atoms with E-state index in [9.17, 15) is 4.79 Å². The van der Waals surface area contributed by atoms with E-state index in [1.165, 1.54) is 0 Å². The predicted octanol–water partition coefficient (Wildman–Crippen LogP) is 4.95. The molecule has 22 heavy (non-hydrogen) atoms. The number of rotatable bonds is 2. The van der Waals surface area contributed by atoms with Crippen LogP contribution >= 0.6 is 15.9 Å². The van der Waals surface area contributed by atoms with Gasteiger partial charge < -0.3 is 10.6 Å². The summed E-state index contributed by atoms with van der Waals surface area (Å²) < 4.78 is 0.956. The van der Waals surface area contributed by atoms with Crippen molar-refractivity contribution in [1.82, 2.24) is 4.98 Å². The van der Waals surface area contributed by atoms with Crippen molar-refractivity contribution in [2.24, 2.45) is 0 Å². The molecule has 0 unspecified atom stereocenters. The molecular formula is C17H14BrN3O. The molecular weight excluding hydrogens is 342 g/mol. The number of nitrogens with zero attached hydrogens (tertiary/aromatic N) is 1. The van der Waals surface area contributed by atoms with E-state index in [2.05, 4.69) is 31.5 Å². The van der Waals surface area contributed by atoms with Crippen molar-refractivity contribution in [3.63, 3.8) is 0 Å². The van der Waals surface area contributed by atoms with Gasteiger partial charge in [-0.1, -0.05) is 40.2 Å². The third-order valence-corrected chi connectivity index (χ3v) is 4.16. The van der Waals surface area contributed by atoms with Crippen LogP contribution in [-0.4, -0.2) is 11.0 Å². The van der Waals surface area contributed by atoms with Gasteiger partial charge in [0, 0.05) is 21.7 Å². The van der Waals surface area contributed by atoms with Crippen LogP contribution in [0.1, 0.15) is 5.56 Å². The summed E-state index contributed by atoms with van der Waals surface area (Å²) >= 11 is 3.45. The molecule has 0 atom stereocenters. The zero-order chi connectivity index (χ0) is 15.5. The lowest BCUT2D eigenvalue weighted by Crippen LogP contribution is -2.19. The number of nitrogens with one attached hydrogen (secondary N) is 2. The number of aromatic nitrogens is 1. The average molecular weight is 356 g/mol. The van der Waals surface area contributed by atoms with Gasteiger partial charge in [0.05, 0.1) is 11.2 Å². The summed E-state index contributed by atoms with van der Waals surface area (Å²) in [5, 5.41) is 6.64. The van der Waals surface area contributed by atoms with Gasteiger partial charge in [0.25, 0.3) is 0 Å². The second-order valence-electron chi connectivity index (χ2n) is 4.92. The Morgan fingerprint density at radius 2 is 1.91 bits per heavy atom. The van der Waals surface area contributed by atoms with E-state index in [4.69, 9.17) is 0 Å². The van der Waals surface area contributed by atoms with Crippen molar-refractivity contribution in [2.45, 2.75) is 6.92 Å². The van der Waals surface area contributed by atoms with Crippen LogP contribution in [0, 0.1) is 6.92 Å². The number of hydrogen-bond acceptors (Lipinski definition) is 2. The lowest BCUT2D eigenvalue weighted by molar-refractivity contribution is 0.262. The molecule has 0 fully saturated rings. The van der Waals surface area contributed by atoms with E-state index < -0.39 is 0 Å². The molecule has 1 heterocycles. The molecule has 3 rings (SSSR count). The van der Waals surface area contributed by atoms with Crippen LogP contribution in [0.2, 0.25) is 0 Å². The van der Waals surface area contributed by atoms with Crippen LogP contribution < -0.4 is 10.6 Å². The summed E-state index contributed by atoms with van der Waals surface area (Å²) in [6.07, 6.45) is 1.71. The van der Waals surface area contributed by atoms with Crippen molar-refractivity contribution < 1.29 is 4.79 Å². The first kappa shape index (κ1) is 14.5. The standard InChI is InChI=1S/C17H14BrN3O/c1-11-7-8-13(10-14(11)18)20-17(22)21-15-6-2-4-12-5-3-9-19-16(12)15/h2-10H,1H3,(H2,20,21,22). The fraction of sp³-hybridized carbons (Fsp3) is 0.0588. The Labute approximate surface area is 136 Å². The van der Waals surface area contributed by atoms with E-state index in [0.29, 0.717) is 5.69 Å². The number of carbonyl (C=O) groups excluding carboxylic acids is 1. The van der Waals surface area contributed by atoms with E-state index in [1.807, 2.05) is 55.5 Å². The van der Waals surface area contributed by atoms with Crippen LogP contribution in [0.5, 0.6) is 0 Å². The Morgan fingerprint density at radius 1 is 1.09 bits per heavy atom. The Balaban J connectivity index is 1.80. The van der Waals surface area contributed by atoms with E-state index in [1.54, 1.807) is 6.20 Å². The van der Waals surface area contributed by atoms with Gasteiger partial charge in [0.2, 0.25) is 0 Å². The Bertz CT molecular complexity index is 843. The Hall–Kier alpha value is -2.40. The first-order valence-corrected chi connectivity index (χ1v) is 7.61. The van der Waals surface area contributed by atoms with Gasteiger partial charge in [-0.25, -0.2) is 4.79 Å². The number of halogens is 1. The van der Waals surface area contributed by atoms with Crippen LogP contribution in [0.4, 0.5) is 16.2 Å². The number of carbonyl (C=O) groups is 1. The minimum Gasteiger partial charge on any atom is -0.308 e. The number of pyridine rings is 1. The second-order valence-corrected chi connectivity index (χ2v) is 5.78. The topological polar surface area (TPSA) is 54.0 Å². The van der Waals surface area contributed by atoms with E-state index in [-0.39, 0.29) is 6.03 Å². The summed E-state index contributed by atoms with van der Waals surface area (Å²) in [6.45, 7) is 2.00. The van der Waals surface area contributed by atoms with Crippen molar-refractivity contribution in [1.29, 1.82) is 0 Å². The molecule has 0 bridgehead atoms. The zero-order valence-electron chi connectivity index (χ0n) is 11.9. The molecule has 0 spiro atoms. The number of fused-ring (bicyclic) bond motifs is 1. The minimum atomic E-state index is -0.297. The zero-order valence-corrected chi connectivity index (χ0v) is 13.5. The van der Waals surface area contributed by atoms with Crippen LogP contribution in [0.15, 0.2) is 59.2 Å². The molecule has 0 saturated carbocycles. The van der Waals surface area contributed by atoms with Gasteiger partial charge in [-0.2, -0.15) is 0 Å². The van der Waals surface area contributed by atoms with Gasteiger partial charge in [0.15, 0.2) is 0 Å². The molecule has 2 aromatic carbocycles. The number of benzene rings is 2.